The van der Waals surface area contributed by atoms with Gasteiger partial charge in [-0.15, -0.1) is 11.3 Å². The molecule has 0 aliphatic carbocycles. The highest BCUT2D eigenvalue weighted by molar-refractivity contribution is 7.17. The first-order valence-electron chi connectivity index (χ1n) is 7.54. The molecule has 0 saturated heterocycles. The molecular formula is C17H19FN2O3S. The molecule has 0 radical (unpaired) electrons. The van der Waals surface area contributed by atoms with Crippen molar-refractivity contribution < 1.29 is 18.7 Å². The molecule has 0 atom stereocenters. The Morgan fingerprint density at radius 2 is 1.96 bits per heavy atom. The first kappa shape index (κ1) is 18.1. The van der Waals surface area contributed by atoms with Gasteiger partial charge in [-0.05, 0) is 37.1 Å². The Morgan fingerprint density at radius 3 is 2.58 bits per heavy atom. The number of hydrogen-bond acceptors (Lipinski definition) is 5. The van der Waals surface area contributed by atoms with Crippen molar-refractivity contribution in [2.45, 2.75) is 20.8 Å². The van der Waals surface area contributed by atoms with Crippen LogP contribution in [-0.4, -0.2) is 30.0 Å². The summed E-state index contributed by atoms with van der Waals surface area (Å²) in [6, 6.07) is 5.87. The van der Waals surface area contributed by atoms with Crippen molar-refractivity contribution >= 4 is 23.2 Å². The lowest BCUT2D eigenvalue weighted by atomic mass is 10.2. The van der Waals surface area contributed by atoms with E-state index >= 15 is 0 Å². The third kappa shape index (κ3) is 4.86. The molecule has 0 saturated carbocycles. The summed E-state index contributed by atoms with van der Waals surface area (Å²) in [5, 5.41) is 3.28. The van der Waals surface area contributed by atoms with Gasteiger partial charge in [-0.25, -0.2) is 14.2 Å². The summed E-state index contributed by atoms with van der Waals surface area (Å²) in [5.41, 5.74) is 1.24. The molecule has 1 amide bonds. The zero-order chi connectivity index (χ0) is 17.7. The average Bonchev–Trinajstić information content (AvgIpc) is 2.93. The van der Waals surface area contributed by atoms with Gasteiger partial charge in [0, 0.05) is 12.1 Å². The summed E-state index contributed by atoms with van der Waals surface area (Å²) in [4.78, 5) is 28.4. The predicted octanol–water partition coefficient (Wildman–Crippen LogP) is 3.19. The summed E-state index contributed by atoms with van der Waals surface area (Å²) >= 11 is 1.16. The van der Waals surface area contributed by atoms with E-state index in [0.717, 1.165) is 16.9 Å². The van der Waals surface area contributed by atoms with Gasteiger partial charge in [0.15, 0.2) is 6.61 Å². The van der Waals surface area contributed by atoms with Gasteiger partial charge in [0.1, 0.15) is 15.7 Å². The zero-order valence-corrected chi connectivity index (χ0v) is 14.6. The van der Waals surface area contributed by atoms with Crippen LogP contribution in [0.5, 0.6) is 0 Å². The number of aromatic nitrogens is 1. The lowest BCUT2D eigenvalue weighted by Gasteiger charge is -2.07. The topological polar surface area (TPSA) is 68.3 Å². The molecule has 1 heterocycles. The van der Waals surface area contributed by atoms with Gasteiger partial charge in [0.2, 0.25) is 0 Å². The molecule has 1 N–H and O–H groups in total. The fourth-order valence-electron chi connectivity index (χ4n) is 1.87. The van der Waals surface area contributed by atoms with E-state index in [1.807, 2.05) is 13.8 Å². The molecule has 2 aromatic rings. The Bertz CT molecular complexity index is 726. The summed E-state index contributed by atoms with van der Waals surface area (Å²) in [6.45, 7) is 5.85. The molecule has 0 aliphatic rings. The van der Waals surface area contributed by atoms with Gasteiger partial charge in [-0.1, -0.05) is 13.8 Å². The molecule has 128 valence electrons. The molecule has 0 aliphatic heterocycles. The highest BCUT2D eigenvalue weighted by atomic mass is 32.1. The van der Waals surface area contributed by atoms with E-state index < -0.39 is 5.97 Å². The summed E-state index contributed by atoms with van der Waals surface area (Å²) in [6.07, 6.45) is 0. The largest absolute Gasteiger partial charge is 0.451 e. The van der Waals surface area contributed by atoms with Crippen LogP contribution in [0.4, 0.5) is 4.39 Å². The molecule has 0 spiro atoms. The standard InChI is InChI=1S/C17H19FN2O3S/c1-10(2)8-19-14(21)9-23-17(22)15-11(3)20-16(24-15)12-4-6-13(18)7-5-12/h4-7,10H,8-9H2,1-3H3,(H,19,21). The SMILES string of the molecule is Cc1nc(-c2ccc(F)cc2)sc1C(=O)OCC(=O)NCC(C)C. The van der Waals surface area contributed by atoms with Crippen LogP contribution in [0, 0.1) is 18.7 Å². The molecule has 2 rings (SSSR count). The van der Waals surface area contributed by atoms with Crippen LogP contribution in [0.25, 0.3) is 10.6 Å². The maximum absolute atomic E-state index is 13.0. The van der Waals surface area contributed by atoms with E-state index in [2.05, 4.69) is 10.3 Å². The van der Waals surface area contributed by atoms with Crippen molar-refractivity contribution in [3.63, 3.8) is 0 Å². The second kappa shape index (κ2) is 8.01. The van der Waals surface area contributed by atoms with Crippen molar-refractivity contribution in [2.24, 2.45) is 5.92 Å². The van der Waals surface area contributed by atoms with Gasteiger partial charge in [0.25, 0.3) is 5.91 Å². The van der Waals surface area contributed by atoms with Crippen molar-refractivity contribution in [1.29, 1.82) is 0 Å². The Balaban J connectivity index is 2.00. The van der Waals surface area contributed by atoms with Crippen LogP contribution in [0.3, 0.4) is 0 Å². The number of aryl methyl sites for hydroxylation is 1. The number of thiazole rings is 1. The van der Waals surface area contributed by atoms with E-state index in [-0.39, 0.29) is 18.3 Å². The van der Waals surface area contributed by atoms with Crippen LogP contribution in [-0.2, 0) is 9.53 Å². The average molecular weight is 350 g/mol. The molecule has 1 aromatic heterocycles. The van der Waals surface area contributed by atoms with Crippen LogP contribution in [0.2, 0.25) is 0 Å². The molecular weight excluding hydrogens is 331 g/mol. The number of rotatable bonds is 6. The Morgan fingerprint density at radius 1 is 1.29 bits per heavy atom. The van der Waals surface area contributed by atoms with Gasteiger partial charge in [0.05, 0.1) is 5.69 Å². The van der Waals surface area contributed by atoms with Crippen LogP contribution in [0.15, 0.2) is 24.3 Å². The second-order valence-corrected chi connectivity index (χ2v) is 6.71. The Kier molecular flexibility index (Phi) is 6.03. The van der Waals surface area contributed by atoms with Gasteiger partial charge in [-0.2, -0.15) is 0 Å². The van der Waals surface area contributed by atoms with Crippen molar-refractivity contribution in [1.82, 2.24) is 10.3 Å². The van der Waals surface area contributed by atoms with Crippen LogP contribution in [0.1, 0.15) is 29.2 Å². The van der Waals surface area contributed by atoms with Crippen molar-refractivity contribution in [3.05, 3.63) is 40.7 Å². The zero-order valence-electron chi connectivity index (χ0n) is 13.8. The van der Waals surface area contributed by atoms with Gasteiger partial charge in [-0.3, -0.25) is 4.79 Å². The maximum atomic E-state index is 13.0. The highest BCUT2D eigenvalue weighted by Crippen LogP contribution is 2.28. The number of carbonyl (C=O) groups is 2. The third-order valence-corrected chi connectivity index (χ3v) is 4.30. The summed E-state index contributed by atoms with van der Waals surface area (Å²) in [5.74, 6) is -0.929. The number of carbonyl (C=O) groups excluding carboxylic acids is 2. The van der Waals surface area contributed by atoms with E-state index in [1.165, 1.54) is 12.1 Å². The molecule has 0 bridgehead atoms. The lowest BCUT2D eigenvalue weighted by molar-refractivity contribution is -0.124. The van der Waals surface area contributed by atoms with Crippen LogP contribution < -0.4 is 5.32 Å². The number of nitrogens with zero attached hydrogens (tertiary/aromatic N) is 1. The number of hydrogen-bond donors (Lipinski definition) is 1. The first-order chi connectivity index (χ1) is 11.4. The monoisotopic (exact) mass is 350 g/mol. The molecule has 0 fully saturated rings. The predicted molar refractivity (Wildman–Crippen MR) is 90.4 cm³/mol. The fourth-order valence-corrected chi connectivity index (χ4v) is 2.83. The summed E-state index contributed by atoms with van der Waals surface area (Å²) < 4.78 is 18.0. The molecule has 0 unspecified atom stereocenters. The third-order valence-electron chi connectivity index (χ3n) is 3.11. The first-order valence-corrected chi connectivity index (χ1v) is 8.35. The number of amides is 1. The fraction of sp³-hybridized carbons (Fsp3) is 0.353. The van der Waals surface area contributed by atoms with Crippen LogP contribution >= 0.6 is 11.3 Å². The number of benzene rings is 1. The van der Waals surface area contributed by atoms with Crippen molar-refractivity contribution in [2.75, 3.05) is 13.2 Å². The van der Waals surface area contributed by atoms with E-state index in [1.54, 1.807) is 19.1 Å². The normalized spacial score (nSPS) is 10.7. The van der Waals surface area contributed by atoms with E-state index in [9.17, 15) is 14.0 Å². The second-order valence-electron chi connectivity index (χ2n) is 5.71. The minimum Gasteiger partial charge on any atom is -0.451 e. The minimum absolute atomic E-state index is 0.325. The lowest BCUT2D eigenvalue weighted by Crippen LogP contribution is -2.31. The highest BCUT2D eigenvalue weighted by Gasteiger charge is 2.18. The number of nitrogens with one attached hydrogen (secondary N) is 1. The quantitative estimate of drug-likeness (QED) is 0.813. The Hall–Kier alpha value is -2.28. The number of ether oxygens (including phenoxy) is 1. The van der Waals surface area contributed by atoms with Crippen molar-refractivity contribution in [3.8, 4) is 10.6 Å². The molecule has 1 aromatic carbocycles. The van der Waals surface area contributed by atoms with E-state index in [4.69, 9.17) is 4.74 Å². The number of halogens is 1. The van der Waals surface area contributed by atoms with Gasteiger partial charge >= 0.3 is 5.97 Å². The van der Waals surface area contributed by atoms with E-state index in [0.29, 0.717) is 28.0 Å². The Labute approximate surface area is 143 Å². The number of esters is 1. The maximum Gasteiger partial charge on any atom is 0.350 e. The molecule has 24 heavy (non-hydrogen) atoms. The molecule has 5 nitrogen and oxygen atoms in total. The minimum atomic E-state index is -0.585. The molecule has 7 heteroatoms. The van der Waals surface area contributed by atoms with Gasteiger partial charge < -0.3 is 10.1 Å². The summed E-state index contributed by atoms with van der Waals surface area (Å²) in [7, 11) is 0. The smallest absolute Gasteiger partial charge is 0.350 e.